The Hall–Kier alpha value is -2.53. The normalized spacial score (nSPS) is 23.7. The highest BCUT2D eigenvalue weighted by atomic mass is 16.5. The molecule has 2 aliphatic heterocycles. The molecule has 1 N–H and O–H groups in total. The van der Waals surface area contributed by atoms with Gasteiger partial charge in [0.1, 0.15) is 5.82 Å². The summed E-state index contributed by atoms with van der Waals surface area (Å²) in [6.45, 7) is 9.53. The number of rotatable bonds is 4. The molecule has 5 rings (SSSR count). The molecule has 1 saturated heterocycles. The molecule has 158 valence electrons. The van der Waals surface area contributed by atoms with E-state index in [1.54, 1.807) is 0 Å². The summed E-state index contributed by atoms with van der Waals surface area (Å²) in [7, 11) is 0. The number of ether oxygens (including phenoxy) is 1. The van der Waals surface area contributed by atoms with E-state index in [2.05, 4.69) is 57.0 Å². The van der Waals surface area contributed by atoms with Crippen LogP contribution in [-0.4, -0.2) is 37.8 Å². The van der Waals surface area contributed by atoms with Gasteiger partial charge in [0.05, 0.1) is 24.6 Å². The first-order valence-corrected chi connectivity index (χ1v) is 11.4. The van der Waals surface area contributed by atoms with Crippen LogP contribution >= 0.6 is 0 Å². The molecule has 5 heteroatoms. The van der Waals surface area contributed by atoms with Gasteiger partial charge in [0.2, 0.25) is 0 Å². The fourth-order valence-electron chi connectivity index (χ4n) is 5.08. The van der Waals surface area contributed by atoms with Gasteiger partial charge in [-0.25, -0.2) is 4.98 Å². The molecule has 0 radical (unpaired) electrons. The van der Waals surface area contributed by atoms with Crippen LogP contribution in [0.25, 0.3) is 0 Å². The van der Waals surface area contributed by atoms with E-state index in [9.17, 15) is 0 Å². The largest absolute Gasteiger partial charge is 0.378 e. The molecule has 0 atom stereocenters. The van der Waals surface area contributed by atoms with Crippen molar-refractivity contribution in [2.24, 2.45) is 11.8 Å². The zero-order chi connectivity index (χ0) is 20.3. The molecular weight excluding hydrogens is 372 g/mol. The van der Waals surface area contributed by atoms with Gasteiger partial charge in [-0.05, 0) is 61.8 Å². The molecule has 1 aromatic heterocycles. The number of morpholine rings is 1. The lowest BCUT2D eigenvalue weighted by molar-refractivity contribution is 0.122. The van der Waals surface area contributed by atoms with Crippen molar-refractivity contribution >= 4 is 22.9 Å². The summed E-state index contributed by atoms with van der Waals surface area (Å²) in [6.07, 6.45) is 9.16. The van der Waals surface area contributed by atoms with Crippen molar-refractivity contribution in [2.75, 3.05) is 48.0 Å². The molecule has 3 aliphatic rings. The van der Waals surface area contributed by atoms with Crippen molar-refractivity contribution in [2.45, 2.75) is 32.2 Å². The average molecular weight is 405 g/mol. The highest BCUT2D eigenvalue weighted by Crippen LogP contribution is 2.39. The van der Waals surface area contributed by atoms with Crippen molar-refractivity contribution in [1.29, 1.82) is 0 Å². The zero-order valence-corrected chi connectivity index (χ0v) is 17.7. The van der Waals surface area contributed by atoms with E-state index < -0.39 is 0 Å². The number of fused-ring (bicyclic) bond motifs is 2. The molecule has 0 amide bonds. The highest BCUT2D eigenvalue weighted by Gasteiger charge is 2.26. The molecule has 0 spiro atoms. The molecule has 1 saturated carbocycles. The van der Waals surface area contributed by atoms with Gasteiger partial charge in [-0.2, -0.15) is 0 Å². The van der Waals surface area contributed by atoms with Crippen molar-refractivity contribution < 1.29 is 4.74 Å². The van der Waals surface area contributed by atoms with Crippen LogP contribution in [0.1, 0.15) is 31.2 Å². The van der Waals surface area contributed by atoms with Gasteiger partial charge in [-0.3, -0.25) is 0 Å². The second kappa shape index (κ2) is 8.68. The quantitative estimate of drug-likeness (QED) is 0.728. The Labute approximate surface area is 179 Å². The van der Waals surface area contributed by atoms with Crippen LogP contribution in [0.5, 0.6) is 0 Å². The van der Waals surface area contributed by atoms with Crippen LogP contribution in [0.4, 0.5) is 22.9 Å². The molecular formula is C25H32N4O. The average Bonchev–Trinajstić information content (AvgIpc) is 2.96. The Morgan fingerprint density at radius 2 is 1.97 bits per heavy atom. The van der Waals surface area contributed by atoms with Crippen LogP contribution in [-0.2, 0) is 11.3 Å². The fraction of sp³-hybridized carbons (Fsp3) is 0.480. The monoisotopic (exact) mass is 404 g/mol. The summed E-state index contributed by atoms with van der Waals surface area (Å²) in [5, 5.41) is 3.61. The summed E-state index contributed by atoms with van der Waals surface area (Å²) in [5.74, 6) is 2.42. The van der Waals surface area contributed by atoms with Gasteiger partial charge in [-0.15, -0.1) is 6.58 Å². The second-order valence-corrected chi connectivity index (χ2v) is 8.83. The van der Waals surface area contributed by atoms with Crippen molar-refractivity contribution in [1.82, 2.24) is 4.98 Å². The Kier molecular flexibility index (Phi) is 5.63. The standard InChI is InChI=1S/C25H32N4O/c1-2-19-5-7-20(8-6-19)17-29-18-21-4-3-11-26-25(21)27-23-10-9-22(16-24(23)29)28-12-14-30-15-13-28/h2-4,9-11,16,19-20H,1,5-8,12-15,17-18H2,(H,26,27). The predicted octanol–water partition coefficient (Wildman–Crippen LogP) is 4.97. The first kappa shape index (κ1) is 19.4. The van der Waals surface area contributed by atoms with Crippen LogP contribution in [0, 0.1) is 11.8 Å². The minimum Gasteiger partial charge on any atom is -0.378 e. The van der Waals surface area contributed by atoms with Crippen LogP contribution in [0.15, 0.2) is 49.2 Å². The third-order valence-corrected chi connectivity index (χ3v) is 6.91. The Balaban J connectivity index is 1.44. The first-order valence-electron chi connectivity index (χ1n) is 11.4. The predicted molar refractivity (Wildman–Crippen MR) is 124 cm³/mol. The van der Waals surface area contributed by atoms with E-state index in [1.807, 2.05) is 12.3 Å². The minimum absolute atomic E-state index is 0.706. The molecule has 1 aliphatic carbocycles. The SMILES string of the molecule is C=CC1CCC(CN2Cc3cccnc3Nc3ccc(N4CCOCC4)cc32)CC1. The molecule has 30 heavy (non-hydrogen) atoms. The van der Waals surface area contributed by atoms with Crippen molar-refractivity contribution in [3.8, 4) is 0 Å². The zero-order valence-electron chi connectivity index (χ0n) is 17.7. The van der Waals surface area contributed by atoms with E-state index in [0.29, 0.717) is 5.92 Å². The maximum Gasteiger partial charge on any atom is 0.135 e. The smallest absolute Gasteiger partial charge is 0.135 e. The summed E-state index contributed by atoms with van der Waals surface area (Å²) in [5.41, 5.74) is 5.01. The lowest BCUT2D eigenvalue weighted by Crippen LogP contribution is -2.36. The van der Waals surface area contributed by atoms with E-state index in [-0.39, 0.29) is 0 Å². The minimum atomic E-state index is 0.706. The van der Waals surface area contributed by atoms with Crippen molar-refractivity contribution in [3.63, 3.8) is 0 Å². The van der Waals surface area contributed by atoms with E-state index in [1.165, 1.54) is 42.6 Å². The van der Waals surface area contributed by atoms with Gasteiger partial charge in [0, 0.05) is 43.6 Å². The lowest BCUT2D eigenvalue weighted by Gasteiger charge is -2.34. The Morgan fingerprint density at radius 1 is 1.13 bits per heavy atom. The number of nitrogens with one attached hydrogen (secondary N) is 1. The molecule has 2 aromatic rings. The molecule has 5 nitrogen and oxygen atoms in total. The fourth-order valence-corrected chi connectivity index (χ4v) is 5.08. The maximum absolute atomic E-state index is 5.56. The molecule has 3 heterocycles. The summed E-state index contributed by atoms with van der Waals surface area (Å²) >= 11 is 0. The number of anilines is 4. The number of benzene rings is 1. The molecule has 0 bridgehead atoms. The first-order chi connectivity index (χ1) is 14.8. The van der Waals surface area contributed by atoms with E-state index >= 15 is 0 Å². The van der Waals surface area contributed by atoms with E-state index in [0.717, 1.165) is 56.8 Å². The van der Waals surface area contributed by atoms with Crippen LogP contribution in [0.2, 0.25) is 0 Å². The molecule has 0 unspecified atom stereocenters. The van der Waals surface area contributed by atoms with Gasteiger partial charge in [-0.1, -0.05) is 12.1 Å². The van der Waals surface area contributed by atoms with E-state index in [4.69, 9.17) is 4.74 Å². The number of aromatic nitrogens is 1. The lowest BCUT2D eigenvalue weighted by atomic mass is 9.82. The summed E-state index contributed by atoms with van der Waals surface area (Å²) in [4.78, 5) is 9.64. The number of hydrogen-bond acceptors (Lipinski definition) is 5. The Morgan fingerprint density at radius 3 is 2.77 bits per heavy atom. The number of pyridine rings is 1. The third-order valence-electron chi connectivity index (χ3n) is 6.91. The van der Waals surface area contributed by atoms with Gasteiger partial charge in [0.15, 0.2) is 0 Å². The molecule has 2 fully saturated rings. The van der Waals surface area contributed by atoms with Crippen molar-refractivity contribution in [3.05, 3.63) is 54.7 Å². The summed E-state index contributed by atoms with van der Waals surface area (Å²) in [6, 6.07) is 11.1. The topological polar surface area (TPSA) is 40.6 Å². The van der Waals surface area contributed by atoms with Gasteiger partial charge < -0.3 is 19.9 Å². The maximum atomic E-state index is 5.56. The molecule has 1 aromatic carbocycles. The Bertz CT molecular complexity index is 884. The van der Waals surface area contributed by atoms with Crippen LogP contribution < -0.4 is 15.1 Å². The second-order valence-electron chi connectivity index (χ2n) is 8.83. The van der Waals surface area contributed by atoms with Gasteiger partial charge >= 0.3 is 0 Å². The third kappa shape index (κ3) is 4.04. The number of allylic oxidation sites excluding steroid dienone is 1. The highest BCUT2D eigenvalue weighted by molar-refractivity contribution is 5.81. The number of hydrogen-bond donors (Lipinski definition) is 1. The summed E-state index contributed by atoms with van der Waals surface area (Å²) < 4.78 is 5.56. The number of nitrogens with zero attached hydrogens (tertiary/aromatic N) is 3. The van der Waals surface area contributed by atoms with Crippen LogP contribution in [0.3, 0.4) is 0 Å². The van der Waals surface area contributed by atoms with Gasteiger partial charge in [0.25, 0.3) is 0 Å².